The minimum atomic E-state index is 0.285. The lowest BCUT2D eigenvalue weighted by Gasteiger charge is -2.11. The Bertz CT molecular complexity index is 979. The number of rotatable bonds is 3. The lowest BCUT2D eigenvalue weighted by Crippen LogP contribution is -2.12. The summed E-state index contributed by atoms with van der Waals surface area (Å²) in [5.74, 6) is 1.40. The standard InChI is InChI=1S/C19H17N3O2/c1-4-8-16-13(5-1)11-17(24-16)15-12-20-18-9-10-19(21-22(15)18)23-14-6-2-3-7-14/h1,4-5,8-12,14H,2-3,6-7H2. The van der Waals surface area contributed by atoms with Crippen LogP contribution < -0.4 is 4.74 Å². The number of para-hydroxylation sites is 1. The number of ether oxygens (including phenoxy) is 1. The molecule has 0 saturated heterocycles. The van der Waals surface area contributed by atoms with Crippen molar-refractivity contribution >= 4 is 16.6 Å². The Morgan fingerprint density at radius 1 is 1.08 bits per heavy atom. The molecule has 0 atom stereocenters. The summed E-state index contributed by atoms with van der Waals surface area (Å²) in [5, 5.41) is 5.69. The van der Waals surface area contributed by atoms with Gasteiger partial charge < -0.3 is 9.15 Å². The maximum Gasteiger partial charge on any atom is 0.232 e. The van der Waals surface area contributed by atoms with Crippen LogP contribution in [0.2, 0.25) is 0 Å². The maximum absolute atomic E-state index is 6.01. The van der Waals surface area contributed by atoms with Crippen LogP contribution in [-0.2, 0) is 0 Å². The van der Waals surface area contributed by atoms with Crippen LogP contribution in [0.5, 0.6) is 5.88 Å². The molecule has 0 aliphatic heterocycles. The van der Waals surface area contributed by atoms with E-state index >= 15 is 0 Å². The predicted molar refractivity (Wildman–Crippen MR) is 91.1 cm³/mol. The van der Waals surface area contributed by atoms with Crippen LogP contribution in [0.1, 0.15) is 25.7 Å². The van der Waals surface area contributed by atoms with E-state index in [1.165, 1.54) is 12.8 Å². The van der Waals surface area contributed by atoms with Gasteiger partial charge in [0.25, 0.3) is 0 Å². The molecule has 0 unspecified atom stereocenters. The number of benzene rings is 1. The van der Waals surface area contributed by atoms with Crippen molar-refractivity contribution in [1.29, 1.82) is 0 Å². The molecule has 120 valence electrons. The van der Waals surface area contributed by atoms with Gasteiger partial charge in [0, 0.05) is 11.5 Å². The van der Waals surface area contributed by atoms with Gasteiger partial charge in [0.1, 0.15) is 17.4 Å². The molecule has 3 heterocycles. The zero-order chi connectivity index (χ0) is 15.9. The SMILES string of the molecule is c1ccc2oc(-c3cnc4ccc(OC5CCCC5)nn34)cc2c1. The fraction of sp³-hybridized carbons (Fsp3) is 0.263. The molecule has 24 heavy (non-hydrogen) atoms. The van der Waals surface area contributed by atoms with Crippen molar-refractivity contribution in [3.63, 3.8) is 0 Å². The number of imidazole rings is 1. The molecule has 3 aromatic heterocycles. The van der Waals surface area contributed by atoms with E-state index in [1.54, 1.807) is 10.7 Å². The number of hydrogen-bond donors (Lipinski definition) is 0. The second-order valence-corrected chi connectivity index (χ2v) is 6.26. The van der Waals surface area contributed by atoms with Crippen molar-refractivity contribution in [2.45, 2.75) is 31.8 Å². The first kappa shape index (κ1) is 13.6. The fourth-order valence-electron chi connectivity index (χ4n) is 3.37. The largest absolute Gasteiger partial charge is 0.473 e. The fourth-order valence-corrected chi connectivity index (χ4v) is 3.37. The average molecular weight is 319 g/mol. The molecule has 1 aliphatic rings. The Labute approximate surface area is 138 Å². The van der Waals surface area contributed by atoms with Gasteiger partial charge in [-0.25, -0.2) is 9.50 Å². The molecule has 1 aliphatic carbocycles. The van der Waals surface area contributed by atoms with E-state index in [2.05, 4.69) is 10.1 Å². The van der Waals surface area contributed by atoms with Gasteiger partial charge in [-0.2, -0.15) is 0 Å². The summed E-state index contributed by atoms with van der Waals surface area (Å²) in [6.07, 6.45) is 6.78. The van der Waals surface area contributed by atoms with Crippen molar-refractivity contribution < 1.29 is 9.15 Å². The summed E-state index contributed by atoms with van der Waals surface area (Å²) >= 11 is 0. The minimum absolute atomic E-state index is 0.285. The van der Waals surface area contributed by atoms with Crippen molar-refractivity contribution in [2.24, 2.45) is 0 Å². The Hall–Kier alpha value is -2.82. The molecule has 1 fully saturated rings. The first-order valence-corrected chi connectivity index (χ1v) is 8.37. The zero-order valence-corrected chi connectivity index (χ0v) is 13.2. The first-order valence-electron chi connectivity index (χ1n) is 8.37. The summed E-state index contributed by atoms with van der Waals surface area (Å²) in [7, 11) is 0. The monoisotopic (exact) mass is 319 g/mol. The molecule has 4 aromatic rings. The highest BCUT2D eigenvalue weighted by atomic mass is 16.5. The summed E-state index contributed by atoms with van der Waals surface area (Å²) in [6.45, 7) is 0. The van der Waals surface area contributed by atoms with Crippen LogP contribution in [0.4, 0.5) is 0 Å². The average Bonchev–Trinajstić information content (AvgIpc) is 3.33. The van der Waals surface area contributed by atoms with Crippen LogP contribution in [-0.4, -0.2) is 20.7 Å². The molecule has 5 heteroatoms. The lowest BCUT2D eigenvalue weighted by atomic mass is 10.2. The quantitative estimate of drug-likeness (QED) is 0.559. The topological polar surface area (TPSA) is 52.6 Å². The Kier molecular flexibility index (Phi) is 3.04. The van der Waals surface area contributed by atoms with Crippen LogP contribution in [0.25, 0.3) is 28.1 Å². The van der Waals surface area contributed by atoms with Crippen LogP contribution in [0, 0.1) is 0 Å². The van der Waals surface area contributed by atoms with Crippen LogP contribution >= 0.6 is 0 Å². The van der Waals surface area contributed by atoms with Gasteiger partial charge in [0.15, 0.2) is 11.4 Å². The maximum atomic E-state index is 6.01. The van der Waals surface area contributed by atoms with Gasteiger partial charge in [-0.15, -0.1) is 5.10 Å². The normalized spacial score (nSPS) is 15.5. The number of fused-ring (bicyclic) bond motifs is 2. The second kappa shape index (κ2) is 5.37. The third-order valence-electron chi connectivity index (χ3n) is 4.61. The third kappa shape index (κ3) is 2.24. The third-order valence-corrected chi connectivity index (χ3v) is 4.61. The molecule has 1 saturated carbocycles. The molecule has 0 amide bonds. The number of hydrogen-bond acceptors (Lipinski definition) is 4. The highest BCUT2D eigenvalue weighted by Gasteiger charge is 2.18. The van der Waals surface area contributed by atoms with E-state index in [-0.39, 0.29) is 6.10 Å². The molecule has 0 spiro atoms. The minimum Gasteiger partial charge on any atom is -0.473 e. The molecule has 1 aromatic carbocycles. The summed E-state index contributed by atoms with van der Waals surface area (Å²) < 4.78 is 13.8. The molecule has 0 radical (unpaired) electrons. The highest BCUT2D eigenvalue weighted by molar-refractivity contribution is 5.82. The smallest absolute Gasteiger partial charge is 0.232 e. The van der Waals surface area contributed by atoms with Gasteiger partial charge in [-0.05, 0) is 43.9 Å². The van der Waals surface area contributed by atoms with Gasteiger partial charge >= 0.3 is 0 Å². The van der Waals surface area contributed by atoms with Crippen LogP contribution in [0.15, 0.2) is 53.1 Å². The van der Waals surface area contributed by atoms with Crippen molar-refractivity contribution in [3.05, 3.63) is 48.7 Å². The van der Waals surface area contributed by atoms with Crippen LogP contribution in [0.3, 0.4) is 0 Å². The Morgan fingerprint density at radius 2 is 1.96 bits per heavy atom. The Balaban J connectivity index is 1.57. The van der Waals surface area contributed by atoms with E-state index in [9.17, 15) is 0 Å². The van der Waals surface area contributed by atoms with Gasteiger partial charge in [0.05, 0.1) is 6.20 Å². The number of furan rings is 1. The van der Waals surface area contributed by atoms with Gasteiger partial charge in [0.2, 0.25) is 5.88 Å². The number of aromatic nitrogens is 3. The van der Waals surface area contributed by atoms with Crippen molar-refractivity contribution in [3.8, 4) is 17.3 Å². The summed E-state index contributed by atoms with van der Waals surface area (Å²) in [6, 6.07) is 13.8. The molecular weight excluding hydrogens is 302 g/mol. The highest BCUT2D eigenvalue weighted by Crippen LogP contribution is 2.29. The summed E-state index contributed by atoms with van der Waals surface area (Å²) in [5.41, 5.74) is 2.48. The van der Waals surface area contributed by atoms with Gasteiger partial charge in [-0.1, -0.05) is 18.2 Å². The lowest BCUT2D eigenvalue weighted by molar-refractivity contribution is 0.198. The van der Waals surface area contributed by atoms with E-state index in [0.717, 1.165) is 40.9 Å². The zero-order valence-electron chi connectivity index (χ0n) is 13.2. The van der Waals surface area contributed by atoms with E-state index in [0.29, 0.717) is 5.88 Å². The van der Waals surface area contributed by atoms with E-state index < -0.39 is 0 Å². The molecule has 5 rings (SSSR count). The second-order valence-electron chi connectivity index (χ2n) is 6.26. The van der Waals surface area contributed by atoms with Gasteiger partial charge in [-0.3, -0.25) is 0 Å². The molecule has 5 nitrogen and oxygen atoms in total. The predicted octanol–water partition coefficient (Wildman–Crippen LogP) is 4.46. The Morgan fingerprint density at radius 3 is 2.83 bits per heavy atom. The molecular formula is C19H17N3O2. The number of nitrogens with zero attached hydrogens (tertiary/aromatic N) is 3. The summed E-state index contributed by atoms with van der Waals surface area (Å²) in [4.78, 5) is 4.42. The van der Waals surface area contributed by atoms with E-state index in [4.69, 9.17) is 9.15 Å². The van der Waals surface area contributed by atoms with E-state index in [1.807, 2.05) is 42.5 Å². The molecule has 0 bridgehead atoms. The first-order chi connectivity index (χ1) is 11.9. The van der Waals surface area contributed by atoms with Crippen molar-refractivity contribution in [2.75, 3.05) is 0 Å². The molecule has 0 N–H and O–H groups in total. The van der Waals surface area contributed by atoms with Crippen molar-refractivity contribution in [1.82, 2.24) is 14.6 Å².